The summed E-state index contributed by atoms with van der Waals surface area (Å²) in [6.07, 6.45) is 5.18. The van der Waals surface area contributed by atoms with Crippen LogP contribution in [0.15, 0.2) is 29.3 Å². The topological polar surface area (TPSA) is 126 Å². The molecule has 3 rings (SSSR count). The number of carbonyl (C=O) groups excluding carboxylic acids is 2. The number of nitrogens with zero attached hydrogens (tertiary/aromatic N) is 2. The second-order valence-corrected chi connectivity index (χ2v) is 9.82. The third-order valence-corrected chi connectivity index (χ3v) is 5.66. The zero-order chi connectivity index (χ0) is 24.2. The molecule has 1 fully saturated rings. The highest BCUT2D eigenvalue weighted by Crippen LogP contribution is 2.39. The van der Waals surface area contributed by atoms with Crippen LogP contribution in [0.25, 0.3) is 11.4 Å². The normalized spacial score (nSPS) is 15.4. The molecule has 1 unspecified atom stereocenters. The van der Waals surface area contributed by atoms with Gasteiger partial charge in [-0.15, -0.1) is 0 Å². The Morgan fingerprint density at radius 3 is 2.55 bits per heavy atom. The average molecular weight is 456 g/mol. The van der Waals surface area contributed by atoms with Crippen LogP contribution < -0.4 is 16.2 Å². The SMILES string of the molecule is Cc1nc(-c2cccnc2)[nH]c(=O)c1CCC(=O)NC(C)(CNC(=O)OC(C)(C)C)C1CC1. The lowest BCUT2D eigenvalue weighted by atomic mass is 9.95. The Hall–Kier alpha value is -3.23. The highest BCUT2D eigenvalue weighted by Gasteiger charge is 2.43. The van der Waals surface area contributed by atoms with Crippen molar-refractivity contribution in [3.8, 4) is 11.4 Å². The molecule has 2 aromatic rings. The molecule has 0 radical (unpaired) electrons. The van der Waals surface area contributed by atoms with E-state index >= 15 is 0 Å². The maximum atomic E-state index is 12.8. The molecule has 3 N–H and O–H groups in total. The number of aryl methyl sites for hydroxylation is 1. The molecule has 1 aliphatic carbocycles. The van der Waals surface area contributed by atoms with Crippen molar-refractivity contribution in [2.24, 2.45) is 5.92 Å². The summed E-state index contributed by atoms with van der Waals surface area (Å²) in [7, 11) is 0. The molecule has 1 atom stereocenters. The Labute approximate surface area is 193 Å². The van der Waals surface area contributed by atoms with Gasteiger partial charge in [0.2, 0.25) is 5.91 Å². The molecule has 33 heavy (non-hydrogen) atoms. The molecule has 2 aromatic heterocycles. The number of aromatic nitrogens is 3. The molecule has 9 heteroatoms. The molecule has 2 amide bonds. The molecule has 0 aliphatic heterocycles. The van der Waals surface area contributed by atoms with Gasteiger partial charge in [-0.3, -0.25) is 14.6 Å². The fraction of sp³-hybridized carbons (Fsp3) is 0.542. The number of carbonyl (C=O) groups is 2. The number of rotatable bonds is 8. The summed E-state index contributed by atoms with van der Waals surface area (Å²) in [4.78, 5) is 48.8. The van der Waals surface area contributed by atoms with Crippen molar-refractivity contribution in [1.29, 1.82) is 0 Å². The predicted molar refractivity (Wildman–Crippen MR) is 125 cm³/mol. The Bertz CT molecular complexity index is 1060. The van der Waals surface area contributed by atoms with Crippen molar-refractivity contribution in [2.75, 3.05) is 6.54 Å². The molecule has 0 saturated heterocycles. The van der Waals surface area contributed by atoms with Gasteiger partial charge in [-0.1, -0.05) is 0 Å². The van der Waals surface area contributed by atoms with Crippen LogP contribution in [0.5, 0.6) is 0 Å². The summed E-state index contributed by atoms with van der Waals surface area (Å²) in [6.45, 7) is 9.38. The van der Waals surface area contributed by atoms with Crippen LogP contribution >= 0.6 is 0 Å². The van der Waals surface area contributed by atoms with Crippen LogP contribution in [0.4, 0.5) is 4.79 Å². The van der Waals surface area contributed by atoms with E-state index in [0.29, 0.717) is 23.0 Å². The quantitative estimate of drug-likeness (QED) is 0.562. The summed E-state index contributed by atoms with van der Waals surface area (Å²) >= 11 is 0. The van der Waals surface area contributed by atoms with E-state index < -0.39 is 17.2 Å². The van der Waals surface area contributed by atoms with Gasteiger partial charge in [0.1, 0.15) is 11.4 Å². The van der Waals surface area contributed by atoms with E-state index in [1.165, 1.54) is 0 Å². The summed E-state index contributed by atoms with van der Waals surface area (Å²) in [6, 6.07) is 3.60. The summed E-state index contributed by atoms with van der Waals surface area (Å²) in [5.74, 6) is 0.570. The first kappa shape index (κ1) is 24.4. The van der Waals surface area contributed by atoms with E-state index in [4.69, 9.17) is 4.74 Å². The largest absolute Gasteiger partial charge is 0.444 e. The molecule has 1 aliphatic rings. The summed E-state index contributed by atoms with van der Waals surface area (Å²) in [5.41, 5.74) is 0.373. The van der Waals surface area contributed by atoms with Crippen LogP contribution in [-0.2, 0) is 16.0 Å². The van der Waals surface area contributed by atoms with Gasteiger partial charge in [-0.25, -0.2) is 9.78 Å². The highest BCUT2D eigenvalue weighted by molar-refractivity contribution is 5.77. The zero-order valence-corrected chi connectivity index (χ0v) is 19.9. The molecular formula is C24H33N5O4. The zero-order valence-electron chi connectivity index (χ0n) is 19.9. The fourth-order valence-corrected chi connectivity index (χ4v) is 3.74. The lowest BCUT2D eigenvalue weighted by Crippen LogP contribution is -2.55. The number of hydrogen-bond acceptors (Lipinski definition) is 6. The van der Waals surface area contributed by atoms with Crippen LogP contribution in [0.2, 0.25) is 0 Å². The maximum absolute atomic E-state index is 12.8. The molecule has 0 bridgehead atoms. The van der Waals surface area contributed by atoms with Crippen molar-refractivity contribution in [3.63, 3.8) is 0 Å². The van der Waals surface area contributed by atoms with Gasteiger partial charge in [-0.2, -0.15) is 0 Å². The lowest BCUT2D eigenvalue weighted by Gasteiger charge is -2.32. The second kappa shape index (κ2) is 9.72. The third kappa shape index (κ3) is 6.87. The number of aromatic amines is 1. The summed E-state index contributed by atoms with van der Waals surface area (Å²) in [5, 5.41) is 5.84. The molecule has 178 valence electrons. The van der Waals surface area contributed by atoms with Gasteiger partial charge in [0.25, 0.3) is 5.56 Å². The second-order valence-electron chi connectivity index (χ2n) is 9.82. The molecule has 0 spiro atoms. The van der Waals surface area contributed by atoms with E-state index in [-0.39, 0.29) is 30.9 Å². The monoisotopic (exact) mass is 455 g/mol. The standard InChI is InChI=1S/C24H33N5O4/c1-15-18(21(31)28-20(27-15)16-7-6-12-25-13-16)10-11-19(30)29-24(5,17-8-9-17)14-26-22(32)33-23(2,3)4/h6-7,12-13,17H,8-11,14H2,1-5H3,(H,26,32)(H,29,30)(H,27,28,31). The van der Waals surface area contributed by atoms with E-state index in [1.54, 1.807) is 46.2 Å². The Morgan fingerprint density at radius 2 is 1.97 bits per heavy atom. The van der Waals surface area contributed by atoms with Crippen LogP contribution in [-0.4, -0.2) is 44.6 Å². The summed E-state index contributed by atoms with van der Waals surface area (Å²) < 4.78 is 5.30. The van der Waals surface area contributed by atoms with Gasteiger partial charge in [0, 0.05) is 42.2 Å². The smallest absolute Gasteiger partial charge is 0.407 e. The number of H-pyrrole nitrogens is 1. The van der Waals surface area contributed by atoms with Crippen molar-refractivity contribution >= 4 is 12.0 Å². The van der Waals surface area contributed by atoms with E-state index in [9.17, 15) is 14.4 Å². The average Bonchev–Trinajstić information content (AvgIpc) is 3.57. The van der Waals surface area contributed by atoms with E-state index in [1.807, 2.05) is 13.0 Å². The first-order valence-electron chi connectivity index (χ1n) is 11.2. The van der Waals surface area contributed by atoms with Gasteiger partial charge in [0.15, 0.2) is 0 Å². The number of pyridine rings is 1. The van der Waals surface area contributed by atoms with Gasteiger partial charge >= 0.3 is 6.09 Å². The third-order valence-electron chi connectivity index (χ3n) is 5.66. The predicted octanol–water partition coefficient (Wildman–Crippen LogP) is 2.88. The number of nitrogens with one attached hydrogen (secondary N) is 3. The first-order chi connectivity index (χ1) is 15.5. The first-order valence-corrected chi connectivity index (χ1v) is 11.2. The van der Waals surface area contributed by atoms with Crippen LogP contribution in [0, 0.1) is 12.8 Å². The molecule has 1 saturated carbocycles. The van der Waals surface area contributed by atoms with E-state index in [0.717, 1.165) is 18.4 Å². The Kier molecular flexibility index (Phi) is 7.19. The van der Waals surface area contributed by atoms with Crippen molar-refractivity contribution < 1.29 is 14.3 Å². The highest BCUT2D eigenvalue weighted by atomic mass is 16.6. The molecular weight excluding hydrogens is 422 g/mol. The number of hydrogen-bond donors (Lipinski definition) is 3. The minimum Gasteiger partial charge on any atom is -0.444 e. The Morgan fingerprint density at radius 1 is 1.24 bits per heavy atom. The molecule has 9 nitrogen and oxygen atoms in total. The number of alkyl carbamates (subject to hydrolysis) is 1. The maximum Gasteiger partial charge on any atom is 0.407 e. The van der Waals surface area contributed by atoms with Crippen LogP contribution in [0.1, 0.15) is 58.2 Å². The fourth-order valence-electron chi connectivity index (χ4n) is 3.74. The van der Waals surface area contributed by atoms with Crippen molar-refractivity contribution in [3.05, 3.63) is 46.1 Å². The van der Waals surface area contributed by atoms with Crippen molar-refractivity contribution in [1.82, 2.24) is 25.6 Å². The minimum absolute atomic E-state index is 0.145. The molecule has 0 aromatic carbocycles. The van der Waals surface area contributed by atoms with Gasteiger partial charge in [-0.05, 0) is 71.9 Å². The Balaban J connectivity index is 1.60. The van der Waals surface area contributed by atoms with Crippen LogP contribution in [0.3, 0.4) is 0 Å². The lowest BCUT2D eigenvalue weighted by molar-refractivity contribution is -0.123. The molecule has 2 heterocycles. The number of ether oxygens (including phenoxy) is 1. The van der Waals surface area contributed by atoms with E-state index in [2.05, 4.69) is 25.6 Å². The minimum atomic E-state index is -0.588. The van der Waals surface area contributed by atoms with Crippen molar-refractivity contribution in [2.45, 2.75) is 71.4 Å². The van der Waals surface area contributed by atoms with Gasteiger partial charge in [0.05, 0.1) is 5.54 Å². The number of amides is 2. The van der Waals surface area contributed by atoms with Gasteiger partial charge < -0.3 is 20.4 Å².